The molecule has 1 N–H and O–H groups in total. The van der Waals surface area contributed by atoms with Crippen LogP contribution in [0.2, 0.25) is 0 Å². The fourth-order valence-corrected chi connectivity index (χ4v) is 4.55. The highest BCUT2D eigenvalue weighted by Gasteiger charge is 2.29. The summed E-state index contributed by atoms with van der Waals surface area (Å²) in [5.41, 5.74) is 0.920. The van der Waals surface area contributed by atoms with Gasteiger partial charge in [0.05, 0.1) is 12.0 Å². The Morgan fingerprint density at radius 2 is 1.59 bits per heavy atom. The number of carbonyl (C=O) groups excluding carboxylic acids is 1. The molecule has 0 aliphatic rings. The average molecular weight is 413 g/mol. The van der Waals surface area contributed by atoms with Gasteiger partial charge in [-0.2, -0.15) is 0 Å². The first-order valence-electron chi connectivity index (χ1n) is 8.88. The van der Waals surface area contributed by atoms with Crippen LogP contribution in [0.5, 0.6) is 5.75 Å². The molecule has 0 aromatic heterocycles. The highest BCUT2D eigenvalue weighted by Crippen LogP contribution is 2.28. The fourth-order valence-electron chi connectivity index (χ4n) is 2.89. The molecule has 0 spiro atoms. The summed E-state index contributed by atoms with van der Waals surface area (Å²) in [4.78, 5) is 12.5. The lowest BCUT2D eigenvalue weighted by Crippen LogP contribution is -2.32. The van der Waals surface area contributed by atoms with E-state index in [1.807, 2.05) is 0 Å². The van der Waals surface area contributed by atoms with Gasteiger partial charge >= 0.3 is 0 Å². The summed E-state index contributed by atoms with van der Waals surface area (Å²) in [5, 5.41) is 1.67. The third-order valence-electron chi connectivity index (χ3n) is 4.49. The standard InChI is InChI=1S/C22H20FNO4S/c1-28-19-11-7-17(8-12-19)22(25)24-15-21(16-5-3-2-4-6-16)29(26,27)20-13-9-18(23)10-14-20/h2-14,21H,15H2,1H3,(H,24,25). The molecule has 1 amide bonds. The summed E-state index contributed by atoms with van der Waals surface area (Å²) in [6.45, 7) is -0.130. The van der Waals surface area contributed by atoms with Gasteiger partial charge in [-0.3, -0.25) is 4.79 Å². The lowest BCUT2D eigenvalue weighted by atomic mass is 10.1. The van der Waals surface area contributed by atoms with Gasteiger partial charge in [0.15, 0.2) is 9.84 Å². The smallest absolute Gasteiger partial charge is 0.251 e. The minimum absolute atomic E-state index is 0.00792. The average Bonchev–Trinajstić information content (AvgIpc) is 2.74. The molecule has 5 nitrogen and oxygen atoms in total. The van der Waals surface area contributed by atoms with Crippen molar-refractivity contribution in [2.24, 2.45) is 0 Å². The number of methoxy groups -OCH3 is 1. The summed E-state index contributed by atoms with van der Waals surface area (Å²) in [6, 6.07) is 19.8. The molecule has 29 heavy (non-hydrogen) atoms. The summed E-state index contributed by atoms with van der Waals surface area (Å²) in [6.07, 6.45) is 0. The van der Waals surface area contributed by atoms with Crippen LogP contribution in [0.4, 0.5) is 4.39 Å². The molecule has 0 heterocycles. The Hall–Kier alpha value is -3.19. The van der Waals surface area contributed by atoms with Crippen molar-refractivity contribution in [1.29, 1.82) is 0 Å². The number of sulfone groups is 1. The Kier molecular flexibility index (Phi) is 6.29. The lowest BCUT2D eigenvalue weighted by Gasteiger charge is -2.19. The summed E-state index contributed by atoms with van der Waals surface area (Å²) in [5.74, 6) is -0.307. The van der Waals surface area contributed by atoms with Crippen molar-refractivity contribution in [2.45, 2.75) is 10.1 Å². The van der Waals surface area contributed by atoms with E-state index in [2.05, 4.69) is 5.32 Å². The maximum absolute atomic E-state index is 13.2. The first-order valence-corrected chi connectivity index (χ1v) is 10.4. The monoisotopic (exact) mass is 413 g/mol. The molecule has 3 rings (SSSR count). The van der Waals surface area contributed by atoms with E-state index in [0.717, 1.165) is 12.1 Å². The van der Waals surface area contributed by atoms with Gasteiger partial charge in [0.25, 0.3) is 5.91 Å². The molecule has 3 aromatic rings. The second kappa shape index (κ2) is 8.87. The number of benzene rings is 3. The van der Waals surface area contributed by atoms with Gasteiger partial charge in [-0.05, 0) is 54.1 Å². The molecule has 0 aliphatic carbocycles. The van der Waals surface area contributed by atoms with Gasteiger partial charge in [-0.1, -0.05) is 30.3 Å². The molecule has 0 bridgehead atoms. The molecule has 0 radical (unpaired) electrons. The van der Waals surface area contributed by atoms with Crippen LogP contribution in [-0.2, 0) is 9.84 Å². The van der Waals surface area contributed by atoms with E-state index in [0.29, 0.717) is 16.9 Å². The molecular weight excluding hydrogens is 393 g/mol. The van der Waals surface area contributed by atoms with Crippen molar-refractivity contribution in [1.82, 2.24) is 5.32 Å². The SMILES string of the molecule is COc1ccc(C(=O)NCC(c2ccccc2)S(=O)(=O)c2ccc(F)cc2)cc1. The molecular formula is C22H20FNO4S. The topological polar surface area (TPSA) is 72.5 Å². The number of carbonyl (C=O) groups is 1. The largest absolute Gasteiger partial charge is 0.497 e. The summed E-state index contributed by atoms with van der Waals surface area (Å²) >= 11 is 0. The second-order valence-corrected chi connectivity index (χ2v) is 8.47. The zero-order chi connectivity index (χ0) is 20.9. The van der Waals surface area contributed by atoms with Crippen LogP contribution >= 0.6 is 0 Å². The van der Waals surface area contributed by atoms with E-state index in [-0.39, 0.29) is 11.4 Å². The predicted octanol–water partition coefficient (Wildman–Crippen LogP) is 3.78. The van der Waals surface area contributed by atoms with Crippen molar-refractivity contribution in [3.63, 3.8) is 0 Å². The molecule has 3 aromatic carbocycles. The molecule has 150 valence electrons. The van der Waals surface area contributed by atoms with E-state index in [1.165, 1.54) is 19.2 Å². The molecule has 0 aliphatic heterocycles. The number of hydrogen-bond acceptors (Lipinski definition) is 4. The third-order valence-corrected chi connectivity index (χ3v) is 6.61. The van der Waals surface area contributed by atoms with E-state index < -0.39 is 26.8 Å². The van der Waals surface area contributed by atoms with E-state index in [1.54, 1.807) is 54.6 Å². The Bertz CT molecular complexity index is 1070. The number of rotatable bonds is 7. The Labute approximate surface area is 169 Å². The summed E-state index contributed by atoms with van der Waals surface area (Å²) in [7, 11) is -2.33. The third kappa shape index (κ3) is 4.81. The lowest BCUT2D eigenvalue weighted by molar-refractivity contribution is 0.0953. The molecule has 7 heteroatoms. The minimum Gasteiger partial charge on any atom is -0.497 e. The number of halogens is 1. The van der Waals surface area contributed by atoms with Gasteiger partial charge in [0.1, 0.15) is 16.8 Å². The van der Waals surface area contributed by atoms with Crippen molar-refractivity contribution >= 4 is 15.7 Å². The predicted molar refractivity (Wildman–Crippen MR) is 108 cm³/mol. The van der Waals surface area contributed by atoms with Gasteiger partial charge in [-0.25, -0.2) is 12.8 Å². The Morgan fingerprint density at radius 3 is 2.17 bits per heavy atom. The van der Waals surface area contributed by atoms with Crippen LogP contribution < -0.4 is 10.1 Å². The number of ether oxygens (including phenoxy) is 1. The maximum Gasteiger partial charge on any atom is 0.251 e. The Morgan fingerprint density at radius 1 is 0.966 bits per heavy atom. The molecule has 0 fully saturated rings. The maximum atomic E-state index is 13.2. The molecule has 0 saturated heterocycles. The first kappa shape index (κ1) is 20.5. The Balaban J connectivity index is 1.86. The quantitative estimate of drug-likeness (QED) is 0.599. The van der Waals surface area contributed by atoms with Crippen LogP contribution in [0.15, 0.2) is 83.8 Å². The van der Waals surface area contributed by atoms with Crippen LogP contribution in [0, 0.1) is 5.82 Å². The van der Waals surface area contributed by atoms with Crippen LogP contribution in [0.3, 0.4) is 0 Å². The number of hydrogen-bond donors (Lipinski definition) is 1. The number of amides is 1. The zero-order valence-electron chi connectivity index (χ0n) is 15.7. The molecule has 0 saturated carbocycles. The van der Waals surface area contributed by atoms with E-state index in [9.17, 15) is 17.6 Å². The second-order valence-electron chi connectivity index (χ2n) is 6.34. The van der Waals surface area contributed by atoms with E-state index >= 15 is 0 Å². The van der Waals surface area contributed by atoms with Crippen molar-refractivity contribution < 1.29 is 22.3 Å². The van der Waals surface area contributed by atoms with Crippen LogP contribution in [-0.4, -0.2) is 28.0 Å². The van der Waals surface area contributed by atoms with Crippen molar-refractivity contribution in [3.05, 3.63) is 95.8 Å². The molecule has 1 unspecified atom stereocenters. The highest BCUT2D eigenvalue weighted by atomic mass is 32.2. The summed E-state index contributed by atoms with van der Waals surface area (Å²) < 4.78 is 44.7. The zero-order valence-corrected chi connectivity index (χ0v) is 16.5. The highest BCUT2D eigenvalue weighted by molar-refractivity contribution is 7.91. The number of nitrogens with one attached hydrogen (secondary N) is 1. The first-order chi connectivity index (χ1) is 13.9. The van der Waals surface area contributed by atoms with E-state index in [4.69, 9.17) is 4.74 Å². The minimum atomic E-state index is -3.86. The van der Waals surface area contributed by atoms with Gasteiger partial charge in [0.2, 0.25) is 0 Å². The fraction of sp³-hybridized carbons (Fsp3) is 0.136. The van der Waals surface area contributed by atoms with Crippen LogP contribution in [0.1, 0.15) is 21.2 Å². The van der Waals surface area contributed by atoms with Crippen LogP contribution in [0.25, 0.3) is 0 Å². The van der Waals surface area contributed by atoms with Gasteiger partial charge in [-0.15, -0.1) is 0 Å². The van der Waals surface area contributed by atoms with Crippen molar-refractivity contribution in [2.75, 3.05) is 13.7 Å². The molecule has 1 atom stereocenters. The normalized spacial score (nSPS) is 12.2. The van der Waals surface area contributed by atoms with Gasteiger partial charge < -0.3 is 10.1 Å². The van der Waals surface area contributed by atoms with Crippen molar-refractivity contribution in [3.8, 4) is 5.75 Å². The van der Waals surface area contributed by atoms with Gasteiger partial charge in [0, 0.05) is 12.1 Å².